The molecule has 1 rings (SSSR count). The third kappa shape index (κ3) is 13.8. The number of amides is 1. The van der Waals surface area contributed by atoms with Gasteiger partial charge in [0.05, 0.1) is 18.8 Å². The summed E-state index contributed by atoms with van der Waals surface area (Å²) in [6.07, 6.45) is -7.44. The second-order valence-electron chi connectivity index (χ2n) is 8.68. The fourth-order valence-electron chi connectivity index (χ4n) is 2.73. The largest absolute Gasteiger partial charge is 0.511 e. The second-order valence-corrected chi connectivity index (χ2v) is 8.68. The first-order valence-corrected chi connectivity index (χ1v) is 12.3. The molecule has 1 N–H and O–H groups in total. The first kappa shape index (κ1) is 34.1. The van der Waals surface area contributed by atoms with Gasteiger partial charge in [0.2, 0.25) is 13.6 Å². The average Bonchev–Trinajstić information content (AvgIpc) is 2.83. The highest BCUT2D eigenvalue weighted by atomic mass is 19.4. The minimum absolute atomic E-state index is 0.0247. The van der Waals surface area contributed by atoms with Gasteiger partial charge in [-0.15, -0.1) is 0 Å². The molecule has 0 bridgehead atoms. The molecule has 40 heavy (non-hydrogen) atoms. The summed E-state index contributed by atoms with van der Waals surface area (Å²) in [5.41, 5.74) is 0.215. The number of unbranched alkanes of at least 4 members (excludes halogenated alkanes) is 1. The monoisotopic (exact) mass is 581 g/mol. The van der Waals surface area contributed by atoms with Crippen LogP contribution in [0.1, 0.15) is 53.0 Å². The van der Waals surface area contributed by atoms with Crippen molar-refractivity contribution in [2.45, 2.75) is 78.3 Å². The number of nitrogens with one attached hydrogen (secondary N) is 1. The van der Waals surface area contributed by atoms with Crippen molar-refractivity contribution in [2.24, 2.45) is 0 Å². The van der Waals surface area contributed by atoms with E-state index in [1.807, 2.05) is 6.92 Å². The molecule has 0 aliphatic carbocycles. The summed E-state index contributed by atoms with van der Waals surface area (Å²) in [4.78, 5) is 47.2. The van der Waals surface area contributed by atoms with Crippen LogP contribution >= 0.6 is 0 Å². The number of alkyl halides is 3. The number of hydrogen-bond acceptors (Lipinski definition) is 11. The smallest absolute Gasteiger partial charge is 0.464 e. The number of hydrogen-bond donors (Lipinski definition) is 1. The van der Waals surface area contributed by atoms with E-state index in [9.17, 15) is 32.3 Å². The van der Waals surface area contributed by atoms with Gasteiger partial charge >= 0.3 is 30.4 Å². The van der Waals surface area contributed by atoms with Crippen molar-refractivity contribution >= 4 is 24.2 Å². The van der Waals surface area contributed by atoms with Crippen LogP contribution in [0.5, 0.6) is 11.5 Å². The minimum atomic E-state index is -5.23. The predicted molar refractivity (Wildman–Crippen MR) is 130 cm³/mol. The Balaban J connectivity index is 3.11. The van der Waals surface area contributed by atoms with E-state index in [0.29, 0.717) is 12.8 Å². The van der Waals surface area contributed by atoms with Crippen LogP contribution in [0.3, 0.4) is 0 Å². The highest BCUT2D eigenvalue weighted by Crippen LogP contribution is 2.29. The fraction of sp³-hybridized carbons (Fsp3) is 0.600. The highest BCUT2D eigenvalue weighted by Gasteiger charge is 2.41. The zero-order valence-electron chi connectivity index (χ0n) is 22.8. The second kappa shape index (κ2) is 16.9. The van der Waals surface area contributed by atoms with Gasteiger partial charge < -0.3 is 38.5 Å². The molecule has 15 heteroatoms. The number of carbonyl (C=O) groups excluding carboxylic acids is 4. The van der Waals surface area contributed by atoms with Crippen LogP contribution in [0.2, 0.25) is 0 Å². The molecular weight excluding hydrogens is 547 g/mol. The van der Waals surface area contributed by atoms with E-state index in [4.69, 9.17) is 33.2 Å². The highest BCUT2D eigenvalue weighted by molar-refractivity contribution is 5.87. The number of halogens is 3. The van der Waals surface area contributed by atoms with Crippen LogP contribution < -0.4 is 14.8 Å². The van der Waals surface area contributed by atoms with Crippen LogP contribution in [0.15, 0.2) is 18.2 Å². The molecule has 0 aliphatic heterocycles. The first-order chi connectivity index (χ1) is 18.7. The maximum atomic E-state index is 12.9. The summed E-state index contributed by atoms with van der Waals surface area (Å²) in [5.74, 6) is -3.51. The molecule has 12 nitrogen and oxygen atoms in total. The third-order valence-electron chi connectivity index (χ3n) is 4.48. The van der Waals surface area contributed by atoms with Gasteiger partial charge in [-0.05, 0) is 51.8 Å². The van der Waals surface area contributed by atoms with Gasteiger partial charge in [0.15, 0.2) is 11.5 Å². The molecule has 0 heterocycles. The van der Waals surface area contributed by atoms with E-state index in [0.717, 1.165) is 0 Å². The van der Waals surface area contributed by atoms with E-state index in [1.165, 1.54) is 18.2 Å². The third-order valence-corrected chi connectivity index (χ3v) is 4.48. The molecule has 0 spiro atoms. The molecule has 0 saturated heterocycles. The molecule has 0 aromatic heterocycles. The van der Waals surface area contributed by atoms with Gasteiger partial charge in [0.1, 0.15) is 6.04 Å². The molecule has 1 atom stereocenters. The van der Waals surface area contributed by atoms with Gasteiger partial charge in [-0.3, -0.25) is 4.79 Å². The molecular formula is C25H34F3NO11. The van der Waals surface area contributed by atoms with Gasteiger partial charge in [-0.25, -0.2) is 14.4 Å². The lowest BCUT2D eigenvalue weighted by Crippen LogP contribution is -2.48. The van der Waals surface area contributed by atoms with Crippen LogP contribution in [0.4, 0.5) is 22.8 Å². The van der Waals surface area contributed by atoms with Gasteiger partial charge in [0.25, 0.3) is 0 Å². The lowest BCUT2D eigenvalue weighted by Gasteiger charge is -2.20. The van der Waals surface area contributed by atoms with E-state index >= 15 is 0 Å². The Morgan fingerprint density at radius 2 is 1.40 bits per heavy atom. The Bertz CT molecular complexity index is 983. The number of esters is 1. The number of rotatable bonds is 15. The van der Waals surface area contributed by atoms with Crippen LogP contribution in [-0.2, 0) is 39.7 Å². The standard InChI is InChI=1S/C25H34F3NO11/c1-6-7-10-34-21(30)18(29-22(31)25(26,27)28)11-17-8-9-19(35-13-37-23(32)39-15(2)3)20(12-17)36-14-38-24(33)40-16(4)5/h8-9,12,15-16,18H,6-7,10-11,13-14H2,1-5H3,(H,29,31)/t18-/m1/s1. The van der Waals surface area contributed by atoms with E-state index in [2.05, 4.69) is 0 Å². The summed E-state index contributed by atoms with van der Waals surface area (Å²) in [6.45, 7) is 6.94. The van der Waals surface area contributed by atoms with Crippen molar-refractivity contribution in [1.29, 1.82) is 0 Å². The SMILES string of the molecule is CCCCOC(=O)[C@@H](Cc1ccc(OCOC(=O)OC(C)C)c(OCOC(=O)OC(C)C)c1)NC(=O)C(F)(F)F. The van der Waals surface area contributed by atoms with Crippen molar-refractivity contribution in [3.8, 4) is 11.5 Å². The fourth-order valence-corrected chi connectivity index (χ4v) is 2.73. The Kier molecular flexibility index (Phi) is 14.4. The minimum Gasteiger partial charge on any atom is -0.464 e. The molecule has 0 aliphatic rings. The van der Waals surface area contributed by atoms with Gasteiger partial charge in [-0.1, -0.05) is 19.4 Å². The number of carbonyl (C=O) groups is 4. The van der Waals surface area contributed by atoms with Crippen LogP contribution in [-0.4, -0.2) is 68.8 Å². The lowest BCUT2D eigenvalue weighted by atomic mass is 10.0. The molecule has 0 radical (unpaired) electrons. The topological polar surface area (TPSA) is 145 Å². The van der Waals surface area contributed by atoms with Gasteiger partial charge in [-0.2, -0.15) is 13.2 Å². The summed E-state index contributed by atoms with van der Waals surface area (Å²) < 4.78 is 73.6. The molecule has 1 amide bonds. The average molecular weight is 582 g/mol. The molecule has 0 unspecified atom stereocenters. The van der Waals surface area contributed by atoms with E-state index in [-0.39, 0.29) is 23.7 Å². The summed E-state index contributed by atoms with van der Waals surface area (Å²) >= 11 is 0. The van der Waals surface area contributed by atoms with Crippen molar-refractivity contribution in [3.63, 3.8) is 0 Å². The summed E-state index contributed by atoms with van der Waals surface area (Å²) in [5, 5.41) is 1.64. The molecule has 1 aromatic carbocycles. The Morgan fingerprint density at radius 3 is 1.90 bits per heavy atom. The Morgan fingerprint density at radius 1 is 0.850 bits per heavy atom. The molecule has 1 aromatic rings. The zero-order valence-corrected chi connectivity index (χ0v) is 22.8. The Hall–Kier alpha value is -3.91. The predicted octanol–water partition coefficient (Wildman–Crippen LogP) is 4.42. The molecule has 0 fully saturated rings. The maximum absolute atomic E-state index is 12.9. The van der Waals surface area contributed by atoms with E-state index in [1.54, 1.807) is 33.0 Å². The Labute approximate surface area is 229 Å². The summed E-state index contributed by atoms with van der Waals surface area (Å²) in [6, 6.07) is 2.26. The van der Waals surface area contributed by atoms with Gasteiger partial charge in [0, 0.05) is 6.42 Å². The molecule has 226 valence electrons. The zero-order chi connectivity index (χ0) is 30.3. The summed E-state index contributed by atoms with van der Waals surface area (Å²) in [7, 11) is 0. The quantitative estimate of drug-likeness (QED) is 0.136. The first-order valence-electron chi connectivity index (χ1n) is 12.3. The van der Waals surface area contributed by atoms with Crippen molar-refractivity contribution in [2.75, 3.05) is 20.2 Å². The van der Waals surface area contributed by atoms with Crippen LogP contribution in [0.25, 0.3) is 0 Å². The van der Waals surface area contributed by atoms with E-state index < -0.39 is 68.6 Å². The normalized spacial score (nSPS) is 11.8. The maximum Gasteiger partial charge on any atom is 0.511 e. The van der Waals surface area contributed by atoms with Crippen molar-refractivity contribution in [3.05, 3.63) is 23.8 Å². The van der Waals surface area contributed by atoms with Crippen molar-refractivity contribution in [1.82, 2.24) is 5.32 Å². The van der Waals surface area contributed by atoms with Crippen molar-refractivity contribution < 1.29 is 65.5 Å². The number of benzene rings is 1. The number of ether oxygens (including phenoxy) is 7. The lowest BCUT2D eigenvalue weighted by molar-refractivity contribution is -0.175. The molecule has 0 saturated carbocycles. The van der Waals surface area contributed by atoms with Crippen LogP contribution in [0, 0.1) is 0 Å².